The van der Waals surface area contributed by atoms with Crippen molar-refractivity contribution in [2.75, 3.05) is 39.6 Å². The molecular weight excluding hydrogens is 596 g/mol. The van der Waals surface area contributed by atoms with E-state index in [0.29, 0.717) is 13.2 Å². The molecule has 3 aliphatic rings. The third-order valence-electron chi connectivity index (χ3n) is 10.1. The van der Waals surface area contributed by atoms with Crippen LogP contribution in [0.25, 0.3) is 11.1 Å². The maximum atomic E-state index is 11.5. The van der Waals surface area contributed by atoms with E-state index in [9.17, 15) is 9.59 Å². The Bertz CT molecular complexity index is 1610. The number of ether oxygens (including phenoxy) is 6. The zero-order valence-corrected chi connectivity index (χ0v) is 26.7. The molecule has 0 aromatic heterocycles. The zero-order valence-electron chi connectivity index (χ0n) is 26.7. The van der Waals surface area contributed by atoms with Gasteiger partial charge in [0.1, 0.15) is 51.1 Å². The Kier molecular flexibility index (Phi) is 8.04. The first-order valence-electron chi connectivity index (χ1n) is 16.2. The van der Waals surface area contributed by atoms with Gasteiger partial charge in [0, 0.05) is 0 Å². The highest BCUT2D eigenvalue weighted by Crippen LogP contribution is 2.56. The molecule has 0 saturated carbocycles. The van der Waals surface area contributed by atoms with Crippen LogP contribution in [0.3, 0.4) is 0 Å². The molecule has 0 atom stereocenters. The molecule has 0 radical (unpaired) electrons. The summed E-state index contributed by atoms with van der Waals surface area (Å²) < 4.78 is 33.3. The Labute approximate surface area is 274 Å². The van der Waals surface area contributed by atoms with Gasteiger partial charge >= 0.3 is 12.3 Å². The van der Waals surface area contributed by atoms with Gasteiger partial charge in [0.15, 0.2) is 0 Å². The lowest BCUT2D eigenvalue weighted by molar-refractivity contribution is -0.0780. The number of rotatable bonds is 10. The number of benzene rings is 4. The molecule has 7 rings (SSSR count). The fourth-order valence-corrected chi connectivity index (χ4v) is 6.89. The van der Waals surface area contributed by atoms with Crippen LogP contribution in [0.2, 0.25) is 0 Å². The number of hydrogen-bond donors (Lipinski definition) is 0. The highest BCUT2D eigenvalue weighted by molar-refractivity contribution is 5.86. The van der Waals surface area contributed by atoms with Crippen molar-refractivity contribution in [2.45, 2.75) is 32.1 Å². The quantitative estimate of drug-likeness (QED) is 0.143. The molecule has 4 aromatic carbocycles. The Morgan fingerprint density at radius 3 is 1.26 bits per heavy atom. The Balaban J connectivity index is 1.21. The molecule has 0 amide bonds. The topological polar surface area (TPSA) is 89.5 Å². The van der Waals surface area contributed by atoms with Gasteiger partial charge in [0.2, 0.25) is 0 Å². The molecule has 2 heterocycles. The lowest BCUT2D eigenvalue weighted by atomic mass is 9.68. The molecule has 0 unspecified atom stereocenters. The summed E-state index contributed by atoms with van der Waals surface area (Å²) >= 11 is 0. The number of carbonyl (C=O) groups is 2. The second kappa shape index (κ2) is 12.3. The van der Waals surface area contributed by atoms with Crippen LogP contribution in [0, 0.1) is 10.8 Å². The van der Waals surface area contributed by atoms with E-state index in [0.717, 1.165) is 35.5 Å². The van der Waals surface area contributed by atoms with Crippen molar-refractivity contribution in [3.63, 3.8) is 0 Å². The highest BCUT2D eigenvalue weighted by atomic mass is 16.7. The van der Waals surface area contributed by atoms with Gasteiger partial charge in [-0.1, -0.05) is 86.6 Å². The summed E-state index contributed by atoms with van der Waals surface area (Å²) in [6.45, 7) is 5.95. The van der Waals surface area contributed by atoms with Crippen LogP contribution in [0.1, 0.15) is 48.9 Å². The van der Waals surface area contributed by atoms with Crippen molar-refractivity contribution in [1.82, 2.24) is 0 Å². The first-order chi connectivity index (χ1) is 22.9. The third-order valence-corrected chi connectivity index (χ3v) is 10.1. The van der Waals surface area contributed by atoms with Gasteiger partial charge in [-0.15, -0.1) is 0 Å². The molecule has 2 aliphatic heterocycles. The normalized spacial score (nSPS) is 18.4. The minimum atomic E-state index is -0.628. The fraction of sp³-hybridized carbons (Fsp3) is 0.333. The van der Waals surface area contributed by atoms with Crippen LogP contribution >= 0.6 is 0 Å². The second-order valence-corrected chi connectivity index (χ2v) is 12.8. The second-order valence-electron chi connectivity index (χ2n) is 12.8. The van der Waals surface area contributed by atoms with E-state index < -0.39 is 17.7 Å². The summed E-state index contributed by atoms with van der Waals surface area (Å²) in [5.41, 5.74) is 5.72. The summed E-state index contributed by atoms with van der Waals surface area (Å²) in [5.74, 6) is 1.47. The first-order valence-corrected chi connectivity index (χ1v) is 16.2. The molecule has 0 bridgehead atoms. The summed E-state index contributed by atoms with van der Waals surface area (Å²) in [7, 11) is 0. The molecule has 2 saturated heterocycles. The minimum absolute atomic E-state index is 0.275. The van der Waals surface area contributed by atoms with Crippen molar-refractivity contribution >= 4 is 12.3 Å². The van der Waals surface area contributed by atoms with Gasteiger partial charge in [0.25, 0.3) is 0 Å². The summed E-state index contributed by atoms with van der Waals surface area (Å²) in [4.78, 5) is 22.9. The van der Waals surface area contributed by atoms with Crippen LogP contribution in [-0.2, 0) is 24.4 Å². The number of fused-ring (bicyclic) bond motifs is 3. The molecular formula is C39H38O8. The van der Waals surface area contributed by atoms with E-state index in [-0.39, 0.29) is 37.3 Å². The Hall–Kier alpha value is -4.98. The zero-order chi connectivity index (χ0) is 32.5. The molecule has 47 heavy (non-hydrogen) atoms. The molecule has 2 fully saturated rings. The van der Waals surface area contributed by atoms with Crippen molar-refractivity contribution in [1.29, 1.82) is 0 Å². The molecule has 8 heteroatoms. The molecule has 8 nitrogen and oxygen atoms in total. The third kappa shape index (κ3) is 5.45. The van der Waals surface area contributed by atoms with Crippen LogP contribution in [0.4, 0.5) is 9.59 Å². The summed E-state index contributed by atoms with van der Waals surface area (Å²) in [6, 6.07) is 33.8. The molecule has 1 aliphatic carbocycles. The van der Waals surface area contributed by atoms with Crippen molar-refractivity contribution in [3.8, 4) is 22.6 Å². The van der Waals surface area contributed by atoms with Gasteiger partial charge in [-0.25, -0.2) is 9.59 Å². The SMILES string of the molecule is CCC1(COc2ccc(C3(c4ccc(OCC5(CC)COC(=O)OC5)cc4)c4ccccc4-c4ccccc43)cc2)COC(=O)OC1. The standard InChI is InChI=1S/C39H38O8/c1-3-37(23-44-35(40)45-24-37)21-42-29-17-13-27(14-18-29)39(33-11-7-5-9-31(33)32-10-6-8-12-34(32)39)28-15-19-30(20-16-28)43-22-38(4-2)25-46-36(41)47-26-38/h5-20H,3-4,21-26H2,1-2H3. The fourth-order valence-electron chi connectivity index (χ4n) is 6.89. The predicted octanol–water partition coefficient (Wildman–Crippen LogP) is 7.93. The predicted molar refractivity (Wildman–Crippen MR) is 175 cm³/mol. The number of hydrogen-bond acceptors (Lipinski definition) is 8. The highest BCUT2D eigenvalue weighted by Gasteiger charge is 2.46. The summed E-state index contributed by atoms with van der Waals surface area (Å²) in [6.07, 6.45) is 0.262. The van der Waals surface area contributed by atoms with E-state index in [1.54, 1.807) is 0 Å². The van der Waals surface area contributed by atoms with Gasteiger partial charge in [0.05, 0.1) is 16.2 Å². The van der Waals surface area contributed by atoms with Gasteiger partial charge in [-0.2, -0.15) is 0 Å². The van der Waals surface area contributed by atoms with Crippen molar-refractivity contribution in [3.05, 3.63) is 119 Å². The van der Waals surface area contributed by atoms with E-state index in [4.69, 9.17) is 28.4 Å². The minimum Gasteiger partial charge on any atom is -0.493 e. The average Bonchev–Trinajstić information content (AvgIpc) is 3.43. The average molecular weight is 635 g/mol. The maximum absolute atomic E-state index is 11.5. The van der Waals surface area contributed by atoms with Gasteiger partial charge in [-0.3, -0.25) is 0 Å². The largest absolute Gasteiger partial charge is 0.508 e. The van der Waals surface area contributed by atoms with Crippen LogP contribution in [-0.4, -0.2) is 52.0 Å². The van der Waals surface area contributed by atoms with Crippen LogP contribution in [0.5, 0.6) is 11.5 Å². The lowest BCUT2D eigenvalue weighted by Gasteiger charge is -2.35. The molecule has 0 spiro atoms. The van der Waals surface area contributed by atoms with Crippen molar-refractivity contribution < 1.29 is 38.0 Å². The van der Waals surface area contributed by atoms with E-state index in [2.05, 4.69) is 72.8 Å². The van der Waals surface area contributed by atoms with Crippen molar-refractivity contribution in [2.24, 2.45) is 10.8 Å². The van der Waals surface area contributed by atoms with Gasteiger partial charge < -0.3 is 28.4 Å². The smallest absolute Gasteiger partial charge is 0.493 e. The van der Waals surface area contributed by atoms with Gasteiger partial charge in [-0.05, 0) is 70.5 Å². The monoisotopic (exact) mass is 634 g/mol. The number of carbonyl (C=O) groups excluding carboxylic acids is 2. The van der Waals surface area contributed by atoms with Crippen LogP contribution < -0.4 is 9.47 Å². The molecule has 4 aromatic rings. The number of cyclic esters (lactones) is 4. The lowest BCUT2D eigenvalue weighted by Crippen LogP contribution is -2.43. The van der Waals surface area contributed by atoms with E-state index in [1.165, 1.54) is 22.3 Å². The van der Waals surface area contributed by atoms with Crippen LogP contribution in [0.15, 0.2) is 97.1 Å². The summed E-state index contributed by atoms with van der Waals surface area (Å²) in [5, 5.41) is 0. The maximum Gasteiger partial charge on any atom is 0.508 e. The first kappa shape index (κ1) is 30.7. The van der Waals surface area contributed by atoms with E-state index >= 15 is 0 Å². The van der Waals surface area contributed by atoms with E-state index in [1.807, 2.05) is 38.1 Å². The molecule has 242 valence electrons. The Morgan fingerprint density at radius 2 is 0.894 bits per heavy atom. The molecule has 0 N–H and O–H groups in total. The Morgan fingerprint density at radius 1 is 0.532 bits per heavy atom.